The summed E-state index contributed by atoms with van der Waals surface area (Å²) in [7, 11) is 0. The van der Waals surface area contributed by atoms with Crippen LogP contribution in [0.4, 0.5) is 11.4 Å². The van der Waals surface area contributed by atoms with Gasteiger partial charge in [0.2, 0.25) is 0 Å². The lowest BCUT2D eigenvalue weighted by molar-refractivity contribution is 1.07. The van der Waals surface area contributed by atoms with Gasteiger partial charge in [0, 0.05) is 24.5 Å². The lowest BCUT2D eigenvalue weighted by Gasteiger charge is -2.12. The molecule has 0 atom stereocenters. The van der Waals surface area contributed by atoms with E-state index < -0.39 is 0 Å². The van der Waals surface area contributed by atoms with Crippen LogP contribution >= 0.6 is 23.2 Å². The van der Waals surface area contributed by atoms with E-state index in [1.165, 1.54) is 16.8 Å². The van der Waals surface area contributed by atoms with Crippen LogP contribution in [-0.4, -0.2) is 13.1 Å². The number of rotatable bonds is 5. The molecule has 0 aliphatic heterocycles. The van der Waals surface area contributed by atoms with E-state index in [4.69, 9.17) is 23.2 Å². The zero-order valence-corrected chi connectivity index (χ0v) is 13.1. The van der Waals surface area contributed by atoms with Crippen LogP contribution in [0.1, 0.15) is 11.1 Å². The Labute approximate surface area is 130 Å². The largest absolute Gasteiger partial charge is 0.383 e. The van der Waals surface area contributed by atoms with Gasteiger partial charge in [-0.2, -0.15) is 0 Å². The quantitative estimate of drug-likeness (QED) is 0.748. The fourth-order valence-corrected chi connectivity index (χ4v) is 2.23. The van der Waals surface area contributed by atoms with Crippen LogP contribution in [0.15, 0.2) is 36.4 Å². The lowest BCUT2D eigenvalue weighted by atomic mass is 10.1. The highest BCUT2D eigenvalue weighted by molar-refractivity contribution is 6.42. The van der Waals surface area contributed by atoms with Crippen LogP contribution < -0.4 is 10.6 Å². The van der Waals surface area contributed by atoms with Crippen molar-refractivity contribution in [1.82, 2.24) is 0 Å². The fourth-order valence-electron chi connectivity index (χ4n) is 1.94. The Morgan fingerprint density at radius 3 is 2.35 bits per heavy atom. The van der Waals surface area contributed by atoms with E-state index in [2.05, 4.69) is 42.7 Å². The number of nitrogens with one attached hydrogen (secondary N) is 2. The lowest BCUT2D eigenvalue weighted by Crippen LogP contribution is -2.14. The normalized spacial score (nSPS) is 10.4. The number of aryl methyl sites for hydroxylation is 2. The molecule has 2 aromatic rings. The predicted molar refractivity (Wildman–Crippen MR) is 89.4 cm³/mol. The van der Waals surface area contributed by atoms with Gasteiger partial charge < -0.3 is 10.6 Å². The van der Waals surface area contributed by atoms with Gasteiger partial charge in [-0.25, -0.2) is 0 Å². The number of anilines is 2. The standard InChI is InChI=1S/C16H18Cl2N2/c1-11-3-4-12(2)16(9-11)20-8-7-19-13-5-6-14(17)15(18)10-13/h3-6,9-10,19-20H,7-8H2,1-2H3. The van der Waals surface area contributed by atoms with Crippen molar-refractivity contribution in [2.75, 3.05) is 23.7 Å². The van der Waals surface area contributed by atoms with Crippen LogP contribution in [0.3, 0.4) is 0 Å². The smallest absolute Gasteiger partial charge is 0.0612 e. The number of hydrogen-bond donors (Lipinski definition) is 2. The van der Waals surface area contributed by atoms with E-state index in [0.29, 0.717) is 10.0 Å². The Balaban J connectivity index is 1.84. The first-order valence-corrected chi connectivity index (χ1v) is 7.32. The van der Waals surface area contributed by atoms with Gasteiger partial charge in [-0.05, 0) is 49.2 Å². The minimum atomic E-state index is 0.569. The molecule has 0 fully saturated rings. The van der Waals surface area contributed by atoms with Crippen molar-refractivity contribution in [2.45, 2.75) is 13.8 Å². The maximum Gasteiger partial charge on any atom is 0.0612 e. The second kappa shape index (κ2) is 6.87. The van der Waals surface area contributed by atoms with E-state index in [-0.39, 0.29) is 0 Å². The molecule has 2 rings (SSSR count). The summed E-state index contributed by atoms with van der Waals surface area (Å²) in [6.45, 7) is 5.85. The van der Waals surface area contributed by atoms with Crippen molar-refractivity contribution < 1.29 is 0 Å². The summed E-state index contributed by atoms with van der Waals surface area (Å²) in [5.74, 6) is 0. The van der Waals surface area contributed by atoms with Gasteiger partial charge in [-0.1, -0.05) is 35.3 Å². The van der Waals surface area contributed by atoms with Gasteiger partial charge in [0.15, 0.2) is 0 Å². The molecule has 20 heavy (non-hydrogen) atoms. The molecule has 0 aliphatic carbocycles. The monoisotopic (exact) mass is 308 g/mol. The van der Waals surface area contributed by atoms with Crippen molar-refractivity contribution in [3.8, 4) is 0 Å². The van der Waals surface area contributed by atoms with E-state index in [1.54, 1.807) is 6.07 Å². The molecule has 0 unspecified atom stereocenters. The molecule has 0 bridgehead atoms. The van der Waals surface area contributed by atoms with Crippen molar-refractivity contribution in [3.05, 3.63) is 57.6 Å². The highest BCUT2D eigenvalue weighted by Crippen LogP contribution is 2.24. The number of hydrogen-bond acceptors (Lipinski definition) is 2. The molecular weight excluding hydrogens is 291 g/mol. The maximum atomic E-state index is 5.97. The SMILES string of the molecule is Cc1ccc(C)c(NCCNc2ccc(Cl)c(Cl)c2)c1. The van der Waals surface area contributed by atoms with Gasteiger partial charge in [-0.15, -0.1) is 0 Å². The molecule has 2 aromatic carbocycles. The second-order valence-electron chi connectivity index (χ2n) is 4.80. The molecule has 2 N–H and O–H groups in total. The topological polar surface area (TPSA) is 24.1 Å². The van der Waals surface area contributed by atoms with Crippen molar-refractivity contribution in [1.29, 1.82) is 0 Å². The Bertz CT molecular complexity index is 597. The minimum Gasteiger partial charge on any atom is -0.383 e. The van der Waals surface area contributed by atoms with E-state index in [0.717, 1.165) is 18.8 Å². The maximum absolute atomic E-state index is 5.97. The Hall–Kier alpha value is -1.38. The van der Waals surface area contributed by atoms with Crippen LogP contribution in [0.25, 0.3) is 0 Å². The van der Waals surface area contributed by atoms with Crippen molar-refractivity contribution >= 4 is 34.6 Å². The average molecular weight is 309 g/mol. The first-order chi connectivity index (χ1) is 9.56. The first-order valence-electron chi connectivity index (χ1n) is 6.56. The average Bonchev–Trinajstić information content (AvgIpc) is 2.42. The van der Waals surface area contributed by atoms with Crippen LogP contribution in [0, 0.1) is 13.8 Å². The molecule has 4 heteroatoms. The zero-order chi connectivity index (χ0) is 14.5. The molecular formula is C16H18Cl2N2. The van der Waals surface area contributed by atoms with Gasteiger partial charge in [0.25, 0.3) is 0 Å². The summed E-state index contributed by atoms with van der Waals surface area (Å²) in [6, 6.07) is 12.0. The summed E-state index contributed by atoms with van der Waals surface area (Å²) < 4.78 is 0. The van der Waals surface area contributed by atoms with Gasteiger partial charge in [-0.3, -0.25) is 0 Å². The van der Waals surface area contributed by atoms with E-state index in [9.17, 15) is 0 Å². The highest BCUT2D eigenvalue weighted by Gasteiger charge is 2.00. The molecule has 0 aromatic heterocycles. The zero-order valence-electron chi connectivity index (χ0n) is 11.6. The van der Waals surface area contributed by atoms with Crippen LogP contribution in [-0.2, 0) is 0 Å². The predicted octanol–water partition coefficient (Wildman–Crippen LogP) is 5.13. The molecule has 106 valence electrons. The Morgan fingerprint density at radius 1 is 0.850 bits per heavy atom. The molecule has 0 heterocycles. The third kappa shape index (κ3) is 4.06. The van der Waals surface area contributed by atoms with Crippen molar-refractivity contribution in [3.63, 3.8) is 0 Å². The van der Waals surface area contributed by atoms with Crippen LogP contribution in [0.2, 0.25) is 10.0 Å². The molecule has 0 amide bonds. The summed E-state index contributed by atoms with van der Waals surface area (Å²) in [6.07, 6.45) is 0. The molecule has 0 saturated heterocycles. The van der Waals surface area contributed by atoms with Gasteiger partial charge >= 0.3 is 0 Å². The number of benzene rings is 2. The molecule has 2 nitrogen and oxygen atoms in total. The van der Waals surface area contributed by atoms with E-state index in [1.807, 2.05) is 12.1 Å². The summed E-state index contributed by atoms with van der Waals surface area (Å²) in [5.41, 5.74) is 4.67. The third-order valence-corrected chi connectivity index (χ3v) is 3.82. The number of halogens is 2. The summed E-state index contributed by atoms with van der Waals surface area (Å²) in [4.78, 5) is 0. The van der Waals surface area contributed by atoms with Crippen molar-refractivity contribution in [2.24, 2.45) is 0 Å². The first kappa shape index (κ1) is 15.0. The fraction of sp³-hybridized carbons (Fsp3) is 0.250. The molecule has 0 spiro atoms. The third-order valence-electron chi connectivity index (χ3n) is 3.08. The molecule has 0 radical (unpaired) electrons. The molecule has 0 saturated carbocycles. The molecule has 0 aliphatic rings. The Morgan fingerprint density at radius 2 is 1.60 bits per heavy atom. The minimum absolute atomic E-state index is 0.569. The summed E-state index contributed by atoms with van der Waals surface area (Å²) in [5, 5.41) is 7.88. The summed E-state index contributed by atoms with van der Waals surface area (Å²) >= 11 is 11.9. The highest BCUT2D eigenvalue weighted by atomic mass is 35.5. The second-order valence-corrected chi connectivity index (χ2v) is 5.62. The van der Waals surface area contributed by atoms with Crippen LogP contribution in [0.5, 0.6) is 0 Å². The van der Waals surface area contributed by atoms with Gasteiger partial charge in [0.1, 0.15) is 0 Å². The Kier molecular flexibility index (Phi) is 5.16. The van der Waals surface area contributed by atoms with Gasteiger partial charge in [0.05, 0.1) is 10.0 Å². The van der Waals surface area contributed by atoms with E-state index >= 15 is 0 Å².